The maximum Gasteiger partial charge on any atom is 0.328 e. The summed E-state index contributed by atoms with van der Waals surface area (Å²) in [6, 6.07) is 3.40. The molecule has 1 aromatic heterocycles. The van der Waals surface area contributed by atoms with Gasteiger partial charge in [0.25, 0.3) is 0 Å². The van der Waals surface area contributed by atoms with Crippen molar-refractivity contribution >= 4 is 23.4 Å². The fraction of sp³-hybridized carbons (Fsp3) is 0.143. The Morgan fingerprint density at radius 1 is 1.43 bits per heavy atom. The number of hydrogen-bond acceptors (Lipinski definition) is 6. The normalized spacial score (nSPS) is 12.8. The summed E-state index contributed by atoms with van der Waals surface area (Å²) >= 11 is 1.49. The lowest BCUT2D eigenvalue weighted by atomic mass is 10.1. The Morgan fingerprint density at radius 3 is 2.95 bits per heavy atom. The number of nitrogens with zero attached hydrogens (tertiary/aromatic N) is 1. The predicted octanol–water partition coefficient (Wildman–Crippen LogP) is 2.55. The zero-order chi connectivity index (χ0) is 14.7. The molecule has 1 N–H and O–H groups in total. The number of aliphatic carboxylic acids is 1. The van der Waals surface area contributed by atoms with Crippen molar-refractivity contribution in [1.82, 2.24) is 4.98 Å². The minimum absolute atomic E-state index is 0.149. The number of fused-ring (bicyclic) bond motifs is 1. The zero-order valence-corrected chi connectivity index (χ0v) is 11.6. The van der Waals surface area contributed by atoms with E-state index in [1.54, 1.807) is 23.8 Å². The fourth-order valence-electron chi connectivity index (χ4n) is 1.82. The zero-order valence-electron chi connectivity index (χ0n) is 10.8. The van der Waals surface area contributed by atoms with Gasteiger partial charge in [-0.3, -0.25) is 4.98 Å². The van der Waals surface area contributed by atoms with E-state index in [2.05, 4.69) is 4.98 Å². The van der Waals surface area contributed by atoms with Gasteiger partial charge in [0.1, 0.15) is 12.4 Å². The van der Waals surface area contributed by atoms with Crippen LogP contribution in [0.2, 0.25) is 0 Å². The number of carboxylic acids is 1. The van der Waals surface area contributed by atoms with Gasteiger partial charge in [0, 0.05) is 23.9 Å². The number of benzene rings is 1. The molecule has 108 valence electrons. The van der Waals surface area contributed by atoms with E-state index in [9.17, 15) is 4.79 Å². The first-order chi connectivity index (χ1) is 10.2. The average Bonchev–Trinajstić information content (AvgIpc) is 3.12. The van der Waals surface area contributed by atoms with Gasteiger partial charge in [-0.1, -0.05) is 0 Å². The predicted molar refractivity (Wildman–Crippen MR) is 75.7 cm³/mol. The van der Waals surface area contributed by atoms with Crippen LogP contribution in [0.1, 0.15) is 10.4 Å². The summed E-state index contributed by atoms with van der Waals surface area (Å²) in [5.74, 6) is 0.665. The molecule has 21 heavy (non-hydrogen) atoms. The maximum absolute atomic E-state index is 10.7. The van der Waals surface area contributed by atoms with Crippen LogP contribution < -0.4 is 14.2 Å². The quantitative estimate of drug-likeness (QED) is 0.855. The van der Waals surface area contributed by atoms with Crippen LogP contribution in [0.5, 0.6) is 17.2 Å². The van der Waals surface area contributed by atoms with Crippen molar-refractivity contribution < 1.29 is 24.1 Å². The molecular weight excluding hydrogens is 294 g/mol. The van der Waals surface area contributed by atoms with Crippen LogP contribution in [-0.4, -0.2) is 22.9 Å². The van der Waals surface area contributed by atoms with E-state index >= 15 is 0 Å². The van der Waals surface area contributed by atoms with Gasteiger partial charge in [0.15, 0.2) is 11.5 Å². The van der Waals surface area contributed by atoms with Gasteiger partial charge in [-0.05, 0) is 12.1 Å². The Kier molecular flexibility index (Phi) is 3.74. The first kappa shape index (κ1) is 13.4. The highest BCUT2D eigenvalue weighted by molar-refractivity contribution is 7.09. The minimum Gasteiger partial charge on any atom is -0.487 e. The number of hydrogen-bond donors (Lipinski definition) is 1. The van der Waals surface area contributed by atoms with E-state index in [-0.39, 0.29) is 6.79 Å². The monoisotopic (exact) mass is 305 g/mol. The van der Waals surface area contributed by atoms with Crippen LogP contribution in [0.15, 0.2) is 29.9 Å². The van der Waals surface area contributed by atoms with Gasteiger partial charge >= 0.3 is 5.97 Å². The van der Waals surface area contributed by atoms with Crippen molar-refractivity contribution in [2.75, 3.05) is 6.79 Å². The van der Waals surface area contributed by atoms with E-state index in [1.165, 1.54) is 17.4 Å². The largest absolute Gasteiger partial charge is 0.487 e. The highest BCUT2D eigenvalue weighted by atomic mass is 32.1. The number of carbonyl (C=O) groups is 1. The smallest absolute Gasteiger partial charge is 0.328 e. The molecule has 0 atom stereocenters. The van der Waals surface area contributed by atoms with Gasteiger partial charge < -0.3 is 19.3 Å². The number of rotatable bonds is 5. The van der Waals surface area contributed by atoms with E-state index in [4.69, 9.17) is 19.3 Å². The Hall–Kier alpha value is -2.54. The first-order valence-electron chi connectivity index (χ1n) is 6.07. The first-order valence-corrected chi connectivity index (χ1v) is 6.95. The molecule has 0 unspecified atom stereocenters. The molecule has 2 heterocycles. The summed E-state index contributed by atoms with van der Waals surface area (Å²) in [4.78, 5) is 15.6. The summed E-state index contributed by atoms with van der Waals surface area (Å²) < 4.78 is 16.3. The molecule has 1 aromatic carbocycles. The topological polar surface area (TPSA) is 77.9 Å². The molecule has 3 rings (SSSR count). The molecule has 0 aliphatic carbocycles. The number of ether oxygens (including phenoxy) is 3. The lowest BCUT2D eigenvalue weighted by molar-refractivity contribution is -0.131. The number of carboxylic acid groups (broad SMARTS) is 1. The second kappa shape index (κ2) is 5.84. The van der Waals surface area contributed by atoms with Crippen molar-refractivity contribution in [1.29, 1.82) is 0 Å². The maximum atomic E-state index is 10.7. The molecule has 1 aliphatic heterocycles. The summed E-state index contributed by atoms with van der Waals surface area (Å²) in [6.45, 7) is 0.508. The Morgan fingerprint density at radius 2 is 2.24 bits per heavy atom. The second-order valence-corrected chi connectivity index (χ2v) is 5.14. The van der Waals surface area contributed by atoms with E-state index < -0.39 is 5.97 Å². The molecule has 0 saturated carbocycles. The highest BCUT2D eigenvalue weighted by Gasteiger charge is 2.17. The highest BCUT2D eigenvalue weighted by Crippen LogP contribution is 2.39. The van der Waals surface area contributed by atoms with Crippen molar-refractivity contribution in [2.45, 2.75) is 6.61 Å². The molecule has 0 saturated heterocycles. The van der Waals surface area contributed by atoms with E-state index in [0.29, 0.717) is 29.4 Å². The molecule has 7 heteroatoms. The Bertz CT molecular complexity index is 681. The van der Waals surface area contributed by atoms with Gasteiger partial charge in [-0.25, -0.2) is 4.79 Å². The lowest BCUT2D eigenvalue weighted by Gasteiger charge is -2.09. The molecule has 0 spiro atoms. The summed E-state index contributed by atoms with van der Waals surface area (Å²) in [7, 11) is 0. The van der Waals surface area contributed by atoms with Crippen molar-refractivity contribution in [3.63, 3.8) is 0 Å². The standard InChI is InChI=1S/C14H11NO5S/c16-14(17)2-1-9-3-12-13(20-8-19-12)4-11(9)18-6-10-5-15-7-21-10/h1-5,7H,6,8H2,(H,16,17)/b2-1+. The van der Waals surface area contributed by atoms with Gasteiger partial charge in [0.05, 0.1) is 10.4 Å². The van der Waals surface area contributed by atoms with Crippen LogP contribution >= 0.6 is 11.3 Å². The Balaban J connectivity index is 1.87. The molecule has 0 bridgehead atoms. The van der Waals surface area contributed by atoms with Crippen LogP contribution in [0.25, 0.3) is 6.08 Å². The van der Waals surface area contributed by atoms with Gasteiger partial charge in [0.2, 0.25) is 6.79 Å². The van der Waals surface area contributed by atoms with Crippen molar-refractivity contribution in [3.05, 3.63) is 40.4 Å². The average molecular weight is 305 g/mol. The number of aromatic nitrogens is 1. The summed E-state index contributed by atoms with van der Waals surface area (Å²) in [5.41, 5.74) is 2.34. The molecule has 0 radical (unpaired) electrons. The third kappa shape index (κ3) is 3.14. The molecule has 6 nitrogen and oxygen atoms in total. The lowest BCUT2D eigenvalue weighted by Crippen LogP contribution is -1.96. The third-order valence-electron chi connectivity index (χ3n) is 2.76. The molecule has 0 fully saturated rings. The van der Waals surface area contributed by atoms with Crippen LogP contribution in [-0.2, 0) is 11.4 Å². The molecule has 1 aliphatic rings. The summed E-state index contributed by atoms with van der Waals surface area (Å²) in [6.07, 6.45) is 4.24. The SMILES string of the molecule is O=C(O)/C=C/c1cc2c(cc1OCc1cncs1)OCO2. The van der Waals surface area contributed by atoms with Gasteiger partial charge in [-0.15, -0.1) is 11.3 Å². The van der Waals surface area contributed by atoms with E-state index in [0.717, 1.165) is 11.0 Å². The molecule has 0 amide bonds. The van der Waals surface area contributed by atoms with Crippen molar-refractivity contribution in [3.8, 4) is 17.2 Å². The Labute approximate surface area is 124 Å². The van der Waals surface area contributed by atoms with Gasteiger partial charge in [-0.2, -0.15) is 0 Å². The minimum atomic E-state index is -1.03. The van der Waals surface area contributed by atoms with E-state index in [1.807, 2.05) is 0 Å². The molecular formula is C14H11NO5S. The van der Waals surface area contributed by atoms with Crippen LogP contribution in [0.4, 0.5) is 0 Å². The van der Waals surface area contributed by atoms with Crippen LogP contribution in [0.3, 0.4) is 0 Å². The summed E-state index contributed by atoms with van der Waals surface area (Å²) in [5, 5.41) is 8.75. The van der Waals surface area contributed by atoms with Crippen molar-refractivity contribution in [2.24, 2.45) is 0 Å². The molecule has 2 aromatic rings. The third-order valence-corrected chi connectivity index (χ3v) is 3.52. The fourth-order valence-corrected chi connectivity index (χ4v) is 2.32. The number of thiazole rings is 1. The second-order valence-electron chi connectivity index (χ2n) is 4.17. The van der Waals surface area contributed by atoms with Crippen LogP contribution in [0, 0.1) is 0 Å².